The van der Waals surface area contributed by atoms with E-state index in [1.165, 1.54) is 5.56 Å². The van der Waals surface area contributed by atoms with Gasteiger partial charge in [0.2, 0.25) is 5.91 Å². The highest BCUT2D eigenvalue weighted by molar-refractivity contribution is 5.97. The molecule has 19 heavy (non-hydrogen) atoms. The Morgan fingerprint density at radius 1 is 1.37 bits per heavy atom. The topological polar surface area (TPSA) is 41.1 Å². The van der Waals surface area contributed by atoms with Gasteiger partial charge in [-0.1, -0.05) is 31.5 Å². The van der Waals surface area contributed by atoms with Gasteiger partial charge in [-0.15, -0.1) is 0 Å². The molecule has 0 saturated heterocycles. The van der Waals surface area contributed by atoms with Crippen molar-refractivity contribution >= 4 is 11.6 Å². The first kappa shape index (κ1) is 14.1. The number of hydrogen-bond donors (Lipinski definition) is 2. The molecule has 0 radical (unpaired) electrons. The maximum absolute atomic E-state index is 12.6. The van der Waals surface area contributed by atoms with Crippen LogP contribution in [0.4, 0.5) is 5.69 Å². The lowest BCUT2D eigenvalue weighted by atomic mass is 9.68. The van der Waals surface area contributed by atoms with E-state index in [9.17, 15) is 4.79 Å². The smallest absolute Gasteiger partial charge is 0.231 e. The van der Waals surface area contributed by atoms with Gasteiger partial charge in [-0.25, -0.2) is 0 Å². The average Bonchev–Trinajstić information content (AvgIpc) is 2.36. The first-order valence-electron chi connectivity index (χ1n) is 7.17. The molecule has 1 aromatic carbocycles. The SMILES string of the molecule is CCc1cccc(C)c1NC(=O)C1(CNC)CCC1. The third kappa shape index (κ3) is 2.66. The minimum absolute atomic E-state index is 0.178. The molecule has 104 valence electrons. The summed E-state index contributed by atoms with van der Waals surface area (Å²) in [6.45, 7) is 4.95. The lowest BCUT2D eigenvalue weighted by Gasteiger charge is -2.40. The molecule has 3 heteroatoms. The molecule has 1 fully saturated rings. The molecule has 1 amide bonds. The summed E-state index contributed by atoms with van der Waals surface area (Å²) in [5.41, 5.74) is 3.18. The van der Waals surface area contributed by atoms with Crippen molar-refractivity contribution in [1.29, 1.82) is 0 Å². The largest absolute Gasteiger partial charge is 0.325 e. The second kappa shape index (κ2) is 5.74. The molecule has 0 aliphatic heterocycles. The summed E-state index contributed by atoms with van der Waals surface area (Å²) >= 11 is 0. The molecule has 1 aliphatic rings. The fourth-order valence-electron chi connectivity index (χ4n) is 2.87. The summed E-state index contributed by atoms with van der Waals surface area (Å²) in [5, 5.41) is 6.34. The zero-order chi connectivity index (χ0) is 13.9. The normalized spacial score (nSPS) is 16.8. The van der Waals surface area contributed by atoms with Crippen molar-refractivity contribution in [2.75, 3.05) is 18.9 Å². The first-order chi connectivity index (χ1) is 9.13. The monoisotopic (exact) mass is 260 g/mol. The van der Waals surface area contributed by atoms with E-state index >= 15 is 0 Å². The number of anilines is 1. The van der Waals surface area contributed by atoms with Gasteiger partial charge in [0.05, 0.1) is 5.41 Å². The predicted octanol–water partition coefficient (Wildman–Crippen LogP) is 2.89. The van der Waals surface area contributed by atoms with Gasteiger partial charge in [-0.3, -0.25) is 4.79 Å². The van der Waals surface area contributed by atoms with E-state index in [4.69, 9.17) is 0 Å². The Kier molecular flexibility index (Phi) is 4.25. The molecule has 0 bridgehead atoms. The molecule has 3 nitrogen and oxygen atoms in total. The minimum Gasteiger partial charge on any atom is -0.325 e. The van der Waals surface area contributed by atoms with E-state index in [1.54, 1.807) is 0 Å². The quantitative estimate of drug-likeness (QED) is 0.854. The lowest BCUT2D eigenvalue weighted by Crippen LogP contribution is -2.48. The molecule has 0 atom stereocenters. The summed E-state index contributed by atoms with van der Waals surface area (Å²) in [6.07, 6.45) is 4.08. The van der Waals surface area contributed by atoms with Gasteiger partial charge < -0.3 is 10.6 Å². The fraction of sp³-hybridized carbons (Fsp3) is 0.562. The van der Waals surface area contributed by atoms with Crippen molar-refractivity contribution in [1.82, 2.24) is 5.32 Å². The molecular formula is C16H24N2O. The van der Waals surface area contributed by atoms with Crippen molar-refractivity contribution in [3.63, 3.8) is 0 Å². The van der Waals surface area contributed by atoms with E-state index in [1.807, 2.05) is 7.05 Å². The number of aryl methyl sites for hydroxylation is 2. The van der Waals surface area contributed by atoms with Crippen molar-refractivity contribution in [2.45, 2.75) is 39.5 Å². The Balaban J connectivity index is 2.19. The van der Waals surface area contributed by atoms with E-state index in [-0.39, 0.29) is 11.3 Å². The third-order valence-corrected chi connectivity index (χ3v) is 4.29. The van der Waals surface area contributed by atoms with Gasteiger partial charge in [-0.2, -0.15) is 0 Å². The molecule has 0 unspecified atom stereocenters. The number of carbonyl (C=O) groups is 1. The number of nitrogens with one attached hydrogen (secondary N) is 2. The lowest BCUT2D eigenvalue weighted by molar-refractivity contribution is -0.129. The van der Waals surface area contributed by atoms with Crippen LogP contribution >= 0.6 is 0 Å². The molecule has 2 rings (SSSR count). The first-order valence-corrected chi connectivity index (χ1v) is 7.17. The van der Waals surface area contributed by atoms with Crippen molar-refractivity contribution < 1.29 is 4.79 Å². The van der Waals surface area contributed by atoms with Gasteiger partial charge in [0.15, 0.2) is 0 Å². The van der Waals surface area contributed by atoms with E-state index in [0.717, 1.165) is 43.5 Å². The molecule has 0 heterocycles. The van der Waals surface area contributed by atoms with Gasteiger partial charge in [0.1, 0.15) is 0 Å². The molecular weight excluding hydrogens is 236 g/mol. The highest BCUT2D eigenvalue weighted by Crippen LogP contribution is 2.41. The summed E-state index contributed by atoms with van der Waals surface area (Å²) in [6, 6.07) is 6.20. The maximum Gasteiger partial charge on any atom is 0.231 e. The predicted molar refractivity (Wildman–Crippen MR) is 79.4 cm³/mol. The number of carbonyl (C=O) groups excluding carboxylic acids is 1. The van der Waals surface area contributed by atoms with Gasteiger partial charge in [-0.05, 0) is 44.4 Å². The van der Waals surface area contributed by atoms with Crippen LogP contribution in [-0.2, 0) is 11.2 Å². The zero-order valence-electron chi connectivity index (χ0n) is 12.2. The van der Waals surface area contributed by atoms with Crippen LogP contribution in [0.1, 0.15) is 37.3 Å². The van der Waals surface area contributed by atoms with Crippen LogP contribution in [0.15, 0.2) is 18.2 Å². The Bertz CT molecular complexity index is 464. The second-order valence-corrected chi connectivity index (χ2v) is 5.58. The van der Waals surface area contributed by atoms with Gasteiger partial charge in [0.25, 0.3) is 0 Å². The number of amides is 1. The average molecular weight is 260 g/mol. The van der Waals surface area contributed by atoms with Crippen LogP contribution in [0.5, 0.6) is 0 Å². The Morgan fingerprint density at radius 3 is 2.63 bits per heavy atom. The van der Waals surface area contributed by atoms with Crippen LogP contribution in [0.3, 0.4) is 0 Å². The Hall–Kier alpha value is -1.35. The second-order valence-electron chi connectivity index (χ2n) is 5.58. The number of rotatable bonds is 5. The summed E-state index contributed by atoms with van der Waals surface area (Å²) in [7, 11) is 1.92. The molecule has 1 aromatic rings. The standard InChI is InChI=1S/C16H24N2O/c1-4-13-8-5-7-12(2)14(13)18-15(19)16(11-17-3)9-6-10-16/h5,7-8,17H,4,6,9-11H2,1-3H3,(H,18,19). The van der Waals surface area contributed by atoms with Crippen LogP contribution in [0.2, 0.25) is 0 Å². The van der Waals surface area contributed by atoms with Crippen LogP contribution in [0, 0.1) is 12.3 Å². The van der Waals surface area contributed by atoms with Crippen molar-refractivity contribution in [3.8, 4) is 0 Å². The van der Waals surface area contributed by atoms with Crippen LogP contribution in [0.25, 0.3) is 0 Å². The molecule has 1 aliphatic carbocycles. The molecule has 1 saturated carbocycles. The highest BCUT2D eigenvalue weighted by atomic mass is 16.2. The number of para-hydroxylation sites is 1. The third-order valence-electron chi connectivity index (χ3n) is 4.29. The van der Waals surface area contributed by atoms with Crippen LogP contribution < -0.4 is 10.6 Å². The summed E-state index contributed by atoms with van der Waals surface area (Å²) in [5.74, 6) is 0.178. The highest BCUT2D eigenvalue weighted by Gasteiger charge is 2.43. The van der Waals surface area contributed by atoms with Crippen molar-refractivity contribution in [2.24, 2.45) is 5.41 Å². The van der Waals surface area contributed by atoms with Gasteiger partial charge >= 0.3 is 0 Å². The summed E-state index contributed by atoms with van der Waals surface area (Å²) in [4.78, 5) is 12.6. The Morgan fingerprint density at radius 2 is 2.11 bits per heavy atom. The van der Waals surface area contributed by atoms with Crippen molar-refractivity contribution in [3.05, 3.63) is 29.3 Å². The molecule has 2 N–H and O–H groups in total. The van der Waals surface area contributed by atoms with E-state index < -0.39 is 0 Å². The number of hydrogen-bond acceptors (Lipinski definition) is 2. The summed E-state index contributed by atoms with van der Waals surface area (Å²) < 4.78 is 0. The molecule has 0 spiro atoms. The Labute approximate surface area is 115 Å². The van der Waals surface area contributed by atoms with Gasteiger partial charge in [0, 0.05) is 12.2 Å². The zero-order valence-corrected chi connectivity index (χ0v) is 12.2. The van der Waals surface area contributed by atoms with E-state index in [2.05, 4.69) is 42.7 Å². The number of benzene rings is 1. The van der Waals surface area contributed by atoms with Crippen LogP contribution in [-0.4, -0.2) is 19.5 Å². The maximum atomic E-state index is 12.6. The molecule has 0 aromatic heterocycles. The minimum atomic E-state index is -0.192. The van der Waals surface area contributed by atoms with E-state index in [0.29, 0.717) is 0 Å². The fourth-order valence-corrected chi connectivity index (χ4v) is 2.87.